The first-order valence-corrected chi connectivity index (χ1v) is 7.09. The Labute approximate surface area is 118 Å². The number of nitrogens with zero attached hydrogens (tertiary/aromatic N) is 2. The Kier molecular flexibility index (Phi) is 4.15. The summed E-state index contributed by atoms with van der Waals surface area (Å²) < 4.78 is 12.3. The smallest absolute Gasteiger partial charge is 0.144 e. The normalized spacial score (nSPS) is 11.8. The molecule has 0 aliphatic rings. The topological polar surface area (TPSA) is 79.8 Å². The van der Waals surface area contributed by atoms with Crippen LogP contribution in [0.4, 0.5) is 5.69 Å². The van der Waals surface area contributed by atoms with Crippen molar-refractivity contribution < 1.29 is 4.21 Å². The minimum absolute atomic E-state index is 0.157. The summed E-state index contributed by atoms with van der Waals surface area (Å²) >= 11 is 6.01. The third-order valence-corrected chi connectivity index (χ3v) is 4.42. The molecule has 0 aliphatic carbocycles. The van der Waals surface area contributed by atoms with Crippen LogP contribution in [0.25, 0.3) is 0 Å². The van der Waals surface area contributed by atoms with Gasteiger partial charge in [0.25, 0.3) is 0 Å². The highest BCUT2D eigenvalue weighted by Gasteiger charge is 2.15. The molecule has 1 atom stereocenters. The monoisotopic (exact) mass is 291 g/mol. The first-order chi connectivity index (χ1) is 9.13. The number of benzene rings is 1. The van der Waals surface area contributed by atoms with Crippen molar-refractivity contribution in [2.75, 3.05) is 5.73 Å². The standard InChI is InChI=1S/C13H10ClN3OS/c14-10-4-1-5-11(16)13(10)19(18)8-9-3-2-6-17-12(9)7-15/h1-6H,8,16H2. The van der Waals surface area contributed by atoms with Gasteiger partial charge in [-0.2, -0.15) is 5.26 Å². The van der Waals surface area contributed by atoms with Gasteiger partial charge in [-0.15, -0.1) is 0 Å². The molecule has 0 saturated heterocycles. The van der Waals surface area contributed by atoms with Gasteiger partial charge in [0.1, 0.15) is 11.8 Å². The van der Waals surface area contributed by atoms with Crippen molar-refractivity contribution in [1.29, 1.82) is 5.26 Å². The van der Waals surface area contributed by atoms with Crippen molar-refractivity contribution in [1.82, 2.24) is 4.98 Å². The zero-order valence-electron chi connectivity index (χ0n) is 9.84. The quantitative estimate of drug-likeness (QED) is 0.881. The molecule has 2 rings (SSSR count). The van der Waals surface area contributed by atoms with E-state index in [4.69, 9.17) is 22.6 Å². The Morgan fingerprint density at radius 2 is 2.16 bits per heavy atom. The average Bonchev–Trinajstić information content (AvgIpc) is 2.39. The first-order valence-electron chi connectivity index (χ1n) is 5.40. The number of nitrogens with two attached hydrogens (primary N) is 1. The molecule has 1 unspecified atom stereocenters. The lowest BCUT2D eigenvalue weighted by Gasteiger charge is -2.08. The van der Waals surface area contributed by atoms with Gasteiger partial charge >= 0.3 is 0 Å². The molecule has 0 spiro atoms. The molecule has 1 aromatic carbocycles. The summed E-state index contributed by atoms with van der Waals surface area (Å²) in [6.07, 6.45) is 1.52. The fourth-order valence-electron chi connectivity index (χ4n) is 1.63. The maximum absolute atomic E-state index is 12.3. The van der Waals surface area contributed by atoms with Crippen LogP contribution >= 0.6 is 11.6 Å². The van der Waals surface area contributed by atoms with Gasteiger partial charge in [-0.1, -0.05) is 23.7 Å². The van der Waals surface area contributed by atoms with E-state index in [1.807, 2.05) is 6.07 Å². The molecule has 0 bridgehead atoms. The molecular formula is C13H10ClN3OS. The van der Waals surface area contributed by atoms with E-state index in [1.54, 1.807) is 30.3 Å². The van der Waals surface area contributed by atoms with E-state index in [0.29, 0.717) is 21.2 Å². The van der Waals surface area contributed by atoms with Crippen LogP contribution in [-0.2, 0) is 16.6 Å². The summed E-state index contributed by atoms with van der Waals surface area (Å²) in [5, 5.41) is 9.31. The van der Waals surface area contributed by atoms with E-state index < -0.39 is 10.8 Å². The molecule has 0 aliphatic heterocycles. The van der Waals surface area contributed by atoms with Crippen molar-refractivity contribution in [2.24, 2.45) is 0 Å². The number of hydrogen-bond acceptors (Lipinski definition) is 4. The molecule has 0 saturated carbocycles. The summed E-state index contributed by atoms with van der Waals surface area (Å²) in [7, 11) is -1.42. The highest BCUT2D eigenvalue weighted by Crippen LogP contribution is 2.27. The number of hydrogen-bond donors (Lipinski definition) is 1. The number of pyridine rings is 1. The number of nitrogen functional groups attached to an aromatic ring is 1. The molecule has 2 aromatic rings. The van der Waals surface area contributed by atoms with Gasteiger partial charge in [-0.25, -0.2) is 4.98 Å². The molecule has 6 heteroatoms. The van der Waals surface area contributed by atoms with Crippen molar-refractivity contribution in [3.05, 3.63) is 52.8 Å². The largest absolute Gasteiger partial charge is 0.398 e. The van der Waals surface area contributed by atoms with Crippen LogP contribution in [0.5, 0.6) is 0 Å². The second kappa shape index (κ2) is 5.83. The van der Waals surface area contributed by atoms with Crippen molar-refractivity contribution in [3.8, 4) is 6.07 Å². The Hall–Kier alpha value is -1.90. The molecule has 19 heavy (non-hydrogen) atoms. The third kappa shape index (κ3) is 2.92. The predicted molar refractivity (Wildman–Crippen MR) is 74.9 cm³/mol. The molecular weight excluding hydrogens is 282 g/mol. The summed E-state index contributed by atoms with van der Waals surface area (Å²) in [4.78, 5) is 4.33. The highest BCUT2D eigenvalue weighted by atomic mass is 35.5. The molecule has 96 valence electrons. The lowest BCUT2D eigenvalue weighted by atomic mass is 10.2. The molecule has 0 fully saturated rings. The fourth-order valence-corrected chi connectivity index (χ4v) is 3.35. The average molecular weight is 292 g/mol. The molecule has 1 heterocycles. The SMILES string of the molecule is N#Cc1ncccc1CS(=O)c1c(N)cccc1Cl. The molecule has 0 radical (unpaired) electrons. The Morgan fingerprint density at radius 1 is 1.37 bits per heavy atom. The molecule has 2 N–H and O–H groups in total. The Balaban J connectivity index is 2.35. The van der Waals surface area contributed by atoms with Gasteiger partial charge in [0.15, 0.2) is 0 Å². The lowest BCUT2D eigenvalue weighted by molar-refractivity contribution is 0.683. The van der Waals surface area contributed by atoms with E-state index >= 15 is 0 Å². The van der Waals surface area contributed by atoms with Gasteiger partial charge in [0.2, 0.25) is 0 Å². The summed E-state index contributed by atoms with van der Waals surface area (Å²) in [6, 6.07) is 10.4. The number of rotatable bonds is 3. The van der Waals surface area contributed by atoms with Crippen LogP contribution in [0.2, 0.25) is 5.02 Å². The van der Waals surface area contributed by atoms with Crippen molar-refractivity contribution >= 4 is 28.1 Å². The summed E-state index contributed by atoms with van der Waals surface area (Å²) in [5.41, 5.74) is 7.05. The zero-order chi connectivity index (χ0) is 13.8. The lowest BCUT2D eigenvalue weighted by Crippen LogP contribution is -2.03. The zero-order valence-corrected chi connectivity index (χ0v) is 11.4. The second-order valence-corrected chi connectivity index (χ2v) is 5.57. The van der Waals surface area contributed by atoms with Gasteiger partial charge in [-0.05, 0) is 18.2 Å². The Morgan fingerprint density at radius 3 is 2.84 bits per heavy atom. The van der Waals surface area contributed by atoms with Crippen LogP contribution in [0.15, 0.2) is 41.4 Å². The number of anilines is 1. The van der Waals surface area contributed by atoms with Crippen LogP contribution in [0.3, 0.4) is 0 Å². The number of aromatic nitrogens is 1. The maximum Gasteiger partial charge on any atom is 0.144 e. The predicted octanol–water partition coefficient (Wildman–Crippen LogP) is 2.50. The maximum atomic E-state index is 12.3. The van der Waals surface area contributed by atoms with Crippen LogP contribution < -0.4 is 5.73 Å². The van der Waals surface area contributed by atoms with E-state index in [-0.39, 0.29) is 11.4 Å². The third-order valence-electron chi connectivity index (χ3n) is 2.51. The van der Waals surface area contributed by atoms with Gasteiger partial charge in [-0.3, -0.25) is 4.21 Å². The molecule has 0 amide bonds. The van der Waals surface area contributed by atoms with Crippen LogP contribution in [-0.4, -0.2) is 9.19 Å². The van der Waals surface area contributed by atoms with Gasteiger partial charge in [0.05, 0.1) is 26.5 Å². The van der Waals surface area contributed by atoms with Crippen molar-refractivity contribution in [3.63, 3.8) is 0 Å². The van der Waals surface area contributed by atoms with Gasteiger partial charge < -0.3 is 5.73 Å². The van der Waals surface area contributed by atoms with E-state index in [1.165, 1.54) is 6.20 Å². The Bertz CT molecular complexity index is 662. The van der Waals surface area contributed by atoms with E-state index in [2.05, 4.69) is 4.98 Å². The minimum atomic E-state index is -1.42. The fraction of sp³-hybridized carbons (Fsp3) is 0.0769. The second-order valence-electron chi connectivity index (χ2n) is 3.77. The number of nitriles is 1. The van der Waals surface area contributed by atoms with Gasteiger partial charge in [0, 0.05) is 17.4 Å². The highest BCUT2D eigenvalue weighted by molar-refractivity contribution is 7.84. The minimum Gasteiger partial charge on any atom is -0.398 e. The van der Waals surface area contributed by atoms with Crippen molar-refractivity contribution in [2.45, 2.75) is 10.6 Å². The summed E-state index contributed by atoms with van der Waals surface area (Å²) in [6.45, 7) is 0. The summed E-state index contributed by atoms with van der Waals surface area (Å²) in [5.74, 6) is 0.157. The molecule has 4 nitrogen and oxygen atoms in total. The molecule has 1 aromatic heterocycles. The number of halogens is 1. The van der Waals surface area contributed by atoms with E-state index in [9.17, 15) is 4.21 Å². The van der Waals surface area contributed by atoms with Crippen LogP contribution in [0, 0.1) is 11.3 Å². The first kappa shape index (κ1) is 13.5. The van der Waals surface area contributed by atoms with E-state index in [0.717, 1.165) is 0 Å². The van der Waals surface area contributed by atoms with Crippen LogP contribution in [0.1, 0.15) is 11.3 Å².